The molecule has 0 aromatic heterocycles. The van der Waals surface area contributed by atoms with Gasteiger partial charge in [-0.3, -0.25) is 24.1 Å². The van der Waals surface area contributed by atoms with Gasteiger partial charge in [-0.25, -0.2) is 4.90 Å². The number of carbonyl (C=O) groups is 4. The molecule has 2 aliphatic heterocycles. The zero-order chi connectivity index (χ0) is 62.0. The third-order valence-corrected chi connectivity index (χ3v) is 21.0. The highest BCUT2D eigenvalue weighted by Gasteiger charge is 2.70. The Balaban J connectivity index is 0.564. The highest BCUT2D eigenvalue weighted by molar-refractivity contribution is 6.24. The van der Waals surface area contributed by atoms with Crippen LogP contribution in [-0.2, 0) is 40.8 Å². The first-order valence-corrected chi connectivity index (χ1v) is 31.0. The van der Waals surface area contributed by atoms with Gasteiger partial charge >= 0.3 is 0 Å². The van der Waals surface area contributed by atoms with E-state index in [2.05, 4.69) is 100 Å². The fraction of sp³-hybridized carbons (Fsp3) is 0.256. The molecule has 5 atom stereocenters. The summed E-state index contributed by atoms with van der Waals surface area (Å²) in [6.45, 7) is 9.09. The molecule has 0 radical (unpaired) electrons. The summed E-state index contributed by atoms with van der Waals surface area (Å²) in [4.78, 5) is 59.9. The van der Waals surface area contributed by atoms with Crippen LogP contribution in [0.25, 0.3) is 0 Å². The highest BCUT2D eigenvalue weighted by Crippen LogP contribution is 2.66. The molecule has 90 heavy (non-hydrogen) atoms. The van der Waals surface area contributed by atoms with Crippen LogP contribution in [0.4, 0.5) is 5.69 Å². The molecule has 4 bridgehead atoms. The topological polar surface area (TPSA) is 152 Å². The second kappa shape index (κ2) is 21.2. The number of phenolic OH excluding ortho intramolecular Hbond substituents is 1. The van der Waals surface area contributed by atoms with Crippen molar-refractivity contribution in [3.8, 4) is 28.7 Å². The number of aliphatic hydroxyl groups excluding tert-OH is 1. The Labute approximate surface area is 523 Å². The lowest BCUT2D eigenvalue weighted by atomic mass is 9.47. The van der Waals surface area contributed by atoms with Crippen LogP contribution in [0.5, 0.6) is 28.7 Å². The molecule has 9 aromatic carbocycles. The first-order chi connectivity index (χ1) is 43.5. The number of phenols is 1. The van der Waals surface area contributed by atoms with Crippen molar-refractivity contribution in [1.82, 2.24) is 4.90 Å². The molecule has 2 heterocycles. The second-order valence-electron chi connectivity index (χ2n) is 26.2. The number of aliphatic hydroxyl groups is 1. The Morgan fingerprint density at radius 1 is 0.411 bits per heavy atom. The molecule has 450 valence electrons. The Hall–Kier alpha value is -9.78. The maximum Gasteiger partial charge on any atom is 0.239 e. The van der Waals surface area contributed by atoms with Gasteiger partial charge in [0.1, 0.15) is 61.3 Å². The van der Waals surface area contributed by atoms with E-state index in [0.29, 0.717) is 28.7 Å². The molecule has 8 aliphatic rings. The van der Waals surface area contributed by atoms with Gasteiger partial charge in [0.15, 0.2) is 0 Å². The molecular formula is C78H68N2O10. The number of aromatic hydroxyl groups is 1. The van der Waals surface area contributed by atoms with Gasteiger partial charge < -0.3 is 29.2 Å². The minimum atomic E-state index is -0.952. The Morgan fingerprint density at radius 3 is 1.10 bits per heavy atom. The molecule has 12 nitrogen and oxygen atoms in total. The molecule has 5 unspecified atom stereocenters. The Bertz CT molecular complexity index is 4230. The van der Waals surface area contributed by atoms with Gasteiger partial charge in [0, 0.05) is 29.7 Å². The number of hydrogen-bond donors (Lipinski definition) is 2. The van der Waals surface area contributed by atoms with Gasteiger partial charge in [-0.05, 0) is 140 Å². The summed E-state index contributed by atoms with van der Waals surface area (Å²) in [6.07, 6.45) is -0.889. The molecule has 2 N–H and O–H groups in total. The smallest absolute Gasteiger partial charge is 0.239 e. The van der Waals surface area contributed by atoms with Crippen molar-refractivity contribution < 1.29 is 48.3 Å². The number of ether oxygens (including phenoxy) is 4. The van der Waals surface area contributed by atoms with E-state index in [1.807, 2.05) is 121 Å². The number of nitrogens with zero attached hydrogens (tertiary/aromatic N) is 2. The Morgan fingerprint density at radius 2 is 0.733 bits per heavy atom. The van der Waals surface area contributed by atoms with Crippen LogP contribution >= 0.6 is 0 Å². The van der Waals surface area contributed by atoms with Crippen molar-refractivity contribution >= 4 is 29.3 Å². The van der Waals surface area contributed by atoms with Crippen LogP contribution < -0.4 is 23.8 Å². The lowest BCUT2D eigenvalue weighted by molar-refractivity contribution is -0.138. The van der Waals surface area contributed by atoms with Crippen molar-refractivity contribution in [3.63, 3.8) is 0 Å². The van der Waals surface area contributed by atoms with Crippen molar-refractivity contribution in [2.24, 2.45) is 23.7 Å². The minimum Gasteiger partial charge on any atom is -0.508 e. The summed E-state index contributed by atoms with van der Waals surface area (Å²) in [7, 11) is 1.61. The molecule has 12 heteroatoms. The number of benzene rings is 9. The molecule has 0 spiro atoms. The quantitative estimate of drug-likeness (QED) is 0.0843. The van der Waals surface area contributed by atoms with Crippen LogP contribution in [-0.4, -0.2) is 78.3 Å². The summed E-state index contributed by atoms with van der Waals surface area (Å²) in [6, 6.07) is 71.1. The molecule has 9 aromatic rings. The zero-order valence-electron chi connectivity index (χ0n) is 50.7. The molecule has 2 saturated heterocycles. The van der Waals surface area contributed by atoms with Gasteiger partial charge in [0.05, 0.1) is 40.2 Å². The van der Waals surface area contributed by atoms with Crippen molar-refractivity contribution in [2.45, 2.75) is 67.3 Å². The number of imide groups is 2. The molecule has 17 rings (SSSR count). The Kier molecular flexibility index (Phi) is 13.4. The van der Waals surface area contributed by atoms with Crippen LogP contribution in [0, 0.1) is 23.7 Å². The maximum absolute atomic E-state index is 14.8. The molecular weight excluding hydrogens is 1120 g/mol. The van der Waals surface area contributed by atoms with E-state index >= 15 is 0 Å². The monoisotopic (exact) mass is 1190 g/mol. The maximum atomic E-state index is 14.8. The number of hydrogen-bond acceptors (Lipinski definition) is 10. The molecule has 2 fully saturated rings. The SMILES string of the molecule is CN1C(=O)C2C3c4ccccc4C(COc4ccc(C(C)(C)c5ccc(OCC(O)COc6ccc(C(C)(C)c7ccc(OCC89c%10ccccc%10C(c%10ccccc%108)C8C(=O)N(c%10ccc(O)cc%10)C(=O)C89)cc7)cc6)cc5)cc4)(c4ccccc43)C2C1=O. The van der Waals surface area contributed by atoms with Crippen LogP contribution in [0.3, 0.4) is 0 Å². The van der Waals surface area contributed by atoms with E-state index in [-0.39, 0.29) is 73.1 Å². The summed E-state index contributed by atoms with van der Waals surface area (Å²) in [5.41, 5.74) is 10.5. The van der Waals surface area contributed by atoms with Gasteiger partial charge in [-0.1, -0.05) is 173 Å². The fourth-order valence-electron chi connectivity index (χ4n) is 16.4. The van der Waals surface area contributed by atoms with Crippen LogP contribution in [0.1, 0.15) is 106 Å². The predicted octanol–water partition coefficient (Wildman–Crippen LogP) is 12.5. The van der Waals surface area contributed by atoms with E-state index in [4.69, 9.17) is 18.9 Å². The number of anilines is 1. The minimum absolute atomic E-state index is 0.0366. The summed E-state index contributed by atoms with van der Waals surface area (Å²) >= 11 is 0. The second-order valence-corrected chi connectivity index (χ2v) is 26.2. The third kappa shape index (κ3) is 8.50. The van der Waals surface area contributed by atoms with E-state index in [1.54, 1.807) is 19.2 Å². The average molecular weight is 1190 g/mol. The van der Waals surface area contributed by atoms with Crippen molar-refractivity contribution in [2.75, 3.05) is 38.4 Å². The first-order valence-electron chi connectivity index (χ1n) is 31.0. The number of amides is 4. The van der Waals surface area contributed by atoms with E-state index < -0.39 is 46.0 Å². The average Bonchev–Trinajstić information content (AvgIpc) is 1.35. The van der Waals surface area contributed by atoms with E-state index in [0.717, 1.165) is 66.8 Å². The molecule has 4 amide bonds. The summed E-state index contributed by atoms with van der Waals surface area (Å²) in [5, 5.41) is 21.1. The molecule has 6 aliphatic carbocycles. The van der Waals surface area contributed by atoms with E-state index in [1.165, 1.54) is 21.9 Å². The number of rotatable bonds is 17. The van der Waals surface area contributed by atoms with Gasteiger partial charge in [0.2, 0.25) is 23.6 Å². The molecule has 0 saturated carbocycles. The predicted molar refractivity (Wildman–Crippen MR) is 341 cm³/mol. The lowest BCUT2D eigenvalue weighted by Gasteiger charge is -2.53. The van der Waals surface area contributed by atoms with Gasteiger partial charge in [0.25, 0.3) is 0 Å². The standard InChI is InChI=1S/C78H68N2O10/c1-75(2,48-26-38-55(39-27-48)89-44-77-61-18-10-6-14-57(61)65(58-15-7-11-19-62(58)77)67-69(77)73(85)79(5)71(67)83)46-22-34-53(35-23-46)87-42-52(82)43-88-54-36-24-47(25-37-54)76(3,4)49-28-40-56(41-29-49)90-45-78-63-20-12-8-16-59(63)66(60-17-9-13-21-64(60)78)68-70(78)74(86)80(72(68)84)50-30-32-51(81)33-31-50/h6-41,52,65-70,81-82H,42-45H2,1-5H3. The summed E-state index contributed by atoms with van der Waals surface area (Å²) < 4.78 is 25.7. The normalized spacial score (nSPS) is 23.5. The van der Waals surface area contributed by atoms with E-state index in [9.17, 15) is 29.4 Å². The number of likely N-dealkylation sites (tertiary alicyclic amines) is 1. The highest BCUT2D eigenvalue weighted by atomic mass is 16.5. The first kappa shape index (κ1) is 56.7. The third-order valence-electron chi connectivity index (χ3n) is 21.0. The zero-order valence-corrected chi connectivity index (χ0v) is 50.7. The number of carbonyl (C=O) groups excluding carboxylic acids is 4. The van der Waals surface area contributed by atoms with Gasteiger partial charge in [-0.15, -0.1) is 0 Å². The fourth-order valence-corrected chi connectivity index (χ4v) is 16.4. The van der Waals surface area contributed by atoms with Crippen molar-refractivity contribution in [1.29, 1.82) is 0 Å². The van der Waals surface area contributed by atoms with Crippen LogP contribution in [0.2, 0.25) is 0 Å². The lowest BCUT2D eigenvalue weighted by Crippen LogP contribution is -2.56. The van der Waals surface area contributed by atoms with Crippen molar-refractivity contribution in [3.05, 3.63) is 285 Å². The summed E-state index contributed by atoms with van der Waals surface area (Å²) in [5.74, 6) is -1.02. The van der Waals surface area contributed by atoms with Crippen LogP contribution in [0.15, 0.2) is 218 Å². The van der Waals surface area contributed by atoms with Gasteiger partial charge in [-0.2, -0.15) is 0 Å². The largest absolute Gasteiger partial charge is 0.508 e.